The number of ether oxygens (including phenoxy) is 1. The molecule has 0 spiro atoms. The van der Waals surface area contributed by atoms with Crippen LogP contribution in [0.2, 0.25) is 0 Å². The van der Waals surface area contributed by atoms with Crippen molar-refractivity contribution in [2.45, 2.75) is 6.54 Å². The molecule has 0 radical (unpaired) electrons. The van der Waals surface area contributed by atoms with Crippen LogP contribution in [0.4, 0.5) is 4.79 Å². The van der Waals surface area contributed by atoms with Gasteiger partial charge in [-0.25, -0.2) is 4.79 Å². The summed E-state index contributed by atoms with van der Waals surface area (Å²) in [6.45, 7) is 1.29. The fourth-order valence-electron chi connectivity index (χ4n) is 2.22. The Bertz CT molecular complexity index is 808. The van der Waals surface area contributed by atoms with Gasteiger partial charge in [-0.15, -0.1) is 0 Å². The van der Waals surface area contributed by atoms with Gasteiger partial charge >= 0.3 is 6.03 Å². The smallest absolute Gasteiger partial charge is 0.315 e. The summed E-state index contributed by atoms with van der Waals surface area (Å²) in [4.78, 5) is 19.9. The molecule has 1 aromatic carbocycles. The van der Waals surface area contributed by atoms with Crippen molar-refractivity contribution in [2.75, 3.05) is 13.2 Å². The lowest BCUT2D eigenvalue weighted by atomic mass is 10.2. The first-order valence-electron chi connectivity index (χ1n) is 7.69. The summed E-state index contributed by atoms with van der Waals surface area (Å²) in [7, 11) is 0. The third-order valence-corrected chi connectivity index (χ3v) is 3.43. The Labute approximate surface area is 139 Å². The molecule has 6 nitrogen and oxygen atoms in total. The Kier molecular flexibility index (Phi) is 5.19. The molecule has 0 aliphatic heterocycles. The zero-order valence-corrected chi connectivity index (χ0v) is 13.1. The summed E-state index contributed by atoms with van der Waals surface area (Å²) < 4.78 is 5.65. The molecule has 0 fully saturated rings. The highest BCUT2D eigenvalue weighted by Gasteiger charge is 2.01. The Balaban J connectivity index is 1.39. The molecule has 0 aliphatic carbocycles. The summed E-state index contributed by atoms with van der Waals surface area (Å²) in [5.41, 5.74) is 1.93. The molecule has 2 heterocycles. The van der Waals surface area contributed by atoms with Gasteiger partial charge in [-0.1, -0.05) is 6.07 Å². The van der Waals surface area contributed by atoms with Gasteiger partial charge in [-0.2, -0.15) is 0 Å². The van der Waals surface area contributed by atoms with E-state index in [0.717, 1.165) is 22.2 Å². The van der Waals surface area contributed by atoms with E-state index in [1.807, 2.05) is 42.5 Å². The number of rotatable bonds is 6. The van der Waals surface area contributed by atoms with Crippen LogP contribution >= 0.6 is 0 Å². The lowest BCUT2D eigenvalue weighted by molar-refractivity contribution is 0.236. The lowest BCUT2D eigenvalue weighted by Gasteiger charge is -2.09. The molecule has 0 saturated heterocycles. The first kappa shape index (κ1) is 15.7. The molecular formula is C18H18N4O2. The molecule has 3 rings (SSSR count). The van der Waals surface area contributed by atoms with Crippen molar-refractivity contribution in [1.29, 1.82) is 0 Å². The summed E-state index contributed by atoms with van der Waals surface area (Å²) in [5, 5.41) is 6.56. The molecule has 2 amide bonds. The van der Waals surface area contributed by atoms with E-state index in [9.17, 15) is 4.79 Å². The standard InChI is InChI=1S/C18H18N4O2/c23-18(22-13-14-5-8-19-9-6-14)21-10-11-24-16-3-4-17-15(12-16)2-1-7-20-17/h1-9,12H,10-11,13H2,(H2,21,22,23). The highest BCUT2D eigenvalue weighted by atomic mass is 16.5. The van der Waals surface area contributed by atoms with Gasteiger partial charge in [0.15, 0.2) is 0 Å². The topological polar surface area (TPSA) is 76.1 Å². The number of hydrogen-bond acceptors (Lipinski definition) is 4. The minimum absolute atomic E-state index is 0.224. The van der Waals surface area contributed by atoms with E-state index in [-0.39, 0.29) is 6.03 Å². The zero-order chi connectivity index (χ0) is 16.6. The number of fused-ring (bicyclic) bond motifs is 1. The highest BCUT2D eigenvalue weighted by Crippen LogP contribution is 2.18. The molecule has 3 aromatic rings. The van der Waals surface area contributed by atoms with Gasteiger partial charge in [-0.3, -0.25) is 9.97 Å². The Morgan fingerprint density at radius 3 is 2.79 bits per heavy atom. The van der Waals surface area contributed by atoms with Gasteiger partial charge in [0.05, 0.1) is 12.1 Å². The number of carbonyl (C=O) groups excluding carboxylic acids is 1. The normalized spacial score (nSPS) is 10.3. The van der Waals surface area contributed by atoms with E-state index in [1.54, 1.807) is 18.6 Å². The van der Waals surface area contributed by atoms with Crippen LogP contribution in [0.3, 0.4) is 0 Å². The molecule has 0 aliphatic rings. The predicted molar refractivity (Wildman–Crippen MR) is 91.7 cm³/mol. The second-order valence-corrected chi connectivity index (χ2v) is 5.17. The number of benzene rings is 1. The molecular weight excluding hydrogens is 304 g/mol. The monoisotopic (exact) mass is 322 g/mol. The number of aromatic nitrogens is 2. The van der Waals surface area contributed by atoms with E-state index in [4.69, 9.17) is 4.74 Å². The average molecular weight is 322 g/mol. The molecule has 2 aromatic heterocycles. The van der Waals surface area contributed by atoms with E-state index in [0.29, 0.717) is 19.7 Å². The Morgan fingerprint density at radius 1 is 1.04 bits per heavy atom. The van der Waals surface area contributed by atoms with Crippen LogP contribution in [-0.2, 0) is 6.54 Å². The van der Waals surface area contributed by atoms with Crippen LogP contribution < -0.4 is 15.4 Å². The Morgan fingerprint density at radius 2 is 1.92 bits per heavy atom. The van der Waals surface area contributed by atoms with Crippen molar-refractivity contribution in [3.05, 3.63) is 66.6 Å². The van der Waals surface area contributed by atoms with Crippen molar-refractivity contribution < 1.29 is 9.53 Å². The number of nitrogens with zero attached hydrogens (tertiary/aromatic N) is 2. The van der Waals surface area contributed by atoms with Crippen molar-refractivity contribution in [1.82, 2.24) is 20.6 Å². The third kappa shape index (κ3) is 4.42. The molecule has 0 bridgehead atoms. The van der Waals surface area contributed by atoms with Crippen LogP contribution in [0.15, 0.2) is 61.1 Å². The van der Waals surface area contributed by atoms with E-state index < -0.39 is 0 Å². The highest BCUT2D eigenvalue weighted by molar-refractivity contribution is 5.79. The summed E-state index contributed by atoms with van der Waals surface area (Å²) >= 11 is 0. The number of urea groups is 1. The molecule has 0 atom stereocenters. The second-order valence-electron chi connectivity index (χ2n) is 5.17. The Hall–Kier alpha value is -3.15. The van der Waals surface area contributed by atoms with Crippen LogP contribution in [0, 0.1) is 0 Å². The molecule has 24 heavy (non-hydrogen) atoms. The summed E-state index contributed by atoms with van der Waals surface area (Å²) in [5.74, 6) is 0.759. The predicted octanol–water partition coefficient (Wildman–Crippen LogP) is 2.51. The van der Waals surface area contributed by atoms with Crippen LogP contribution in [0.1, 0.15) is 5.56 Å². The number of carbonyl (C=O) groups is 1. The van der Waals surface area contributed by atoms with Gasteiger partial charge in [0.2, 0.25) is 0 Å². The molecule has 0 saturated carbocycles. The fraction of sp³-hybridized carbons (Fsp3) is 0.167. The number of nitrogens with one attached hydrogen (secondary N) is 2. The van der Waals surface area contributed by atoms with E-state index in [1.165, 1.54) is 0 Å². The van der Waals surface area contributed by atoms with Gasteiger partial charge < -0.3 is 15.4 Å². The minimum atomic E-state index is -0.224. The largest absolute Gasteiger partial charge is 0.492 e. The lowest BCUT2D eigenvalue weighted by Crippen LogP contribution is -2.37. The third-order valence-electron chi connectivity index (χ3n) is 3.43. The van der Waals surface area contributed by atoms with Gasteiger partial charge in [0, 0.05) is 30.5 Å². The van der Waals surface area contributed by atoms with Crippen LogP contribution in [0.5, 0.6) is 5.75 Å². The number of pyridine rings is 2. The van der Waals surface area contributed by atoms with Crippen molar-refractivity contribution >= 4 is 16.9 Å². The molecule has 2 N–H and O–H groups in total. The average Bonchev–Trinajstić information content (AvgIpc) is 2.64. The maximum Gasteiger partial charge on any atom is 0.315 e. The van der Waals surface area contributed by atoms with Gasteiger partial charge in [0.25, 0.3) is 0 Å². The minimum Gasteiger partial charge on any atom is -0.492 e. The van der Waals surface area contributed by atoms with Crippen LogP contribution in [-0.4, -0.2) is 29.2 Å². The van der Waals surface area contributed by atoms with E-state index in [2.05, 4.69) is 20.6 Å². The van der Waals surface area contributed by atoms with Crippen molar-refractivity contribution in [2.24, 2.45) is 0 Å². The fourth-order valence-corrected chi connectivity index (χ4v) is 2.22. The van der Waals surface area contributed by atoms with Crippen molar-refractivity contribution in [3.63, 3.8) is 0 Å². The van der Waals surface area contributed by atoms with E-state index >= 15 is 0 Å². The maximum atomic E-state index is 11.7. The first-order valence-corrected chi connectivity index (χ1v) is 7.69. The molecule has 0 unspecified atom stereocenters. The quantitative estimate of drug-likeness (QED) is 0.684. The van der Waals surface area contributed by atoms with Crippen LogP contribution in [0.25, 0.3) is 10.9 Å². The van der Waals surface area contributed by atoms with Crippen molar-refractivity contribution in [3.8, 4) is 5.75 Å². The molecule has 6 heteroatoms. The van der Waals surface area contributed by atoms with Gasteiger partial charge in [0.1, 0.15) is 12.4 Å². The summed E-state index contributed by atoms with van der Waals surface area (Å²) in [6, 6.07) is 13.1. The number of amides is 2. The number of hydrogen-bond donors (Lipinski definition) is 2. The SMILES string of the molecule is O=C(NCCOc1ccc2ncccc2c1)NCc1ccncc1. The summed E-state index contributed by atoms with van der Waals surface area (Å²) in [6.07, 6.45) is 5.15. The molecule has 122 valence electrons. The first-order chi connectivity index (χ1) is 11.8. The van der Waals surface area contributed by atoms with Gasteiger partial charge in [-0.05, 0) is 42.0 Å². The zero-order valence-electron chi connectivity index (χ0n) is 13.1. The maximum absolute atomic E-state index is 11.7. The second kappa shape index (κ2) is 7.92.